The number of hydroxylamine groups is 1. The molecule has 6 heteroatoms. The van der Waals surface area contributed by atoms with Crippen molar-refractivity contribution in [2.24, 2.45) is 5.90 Å². The van der Waals surface area contributed by atoms with Crippen molar-refractivity contribution >= 4 is 18.3 Å². The van der Waals surface area contributed by atoms with Crippen LogP contribution in [0.25, 0.3) is 0 Å². The highest BCUT2D eigenvalue weighted by Gasteiger charge is 2.27. The molecule has 0 aromatic heterocycles. The fraction of sp³-hybridized carbons (Fsp3) is 0.750. The first-order valence-electron chi connectivity index (χ1n) is 2.37. The first-order valence-corrected chi connectivity index (χ1v) is 2.37. The summed E-state index contributed by atoms with van der Waals surface area (Å²) in [5.74, 6) is 4.03. The van der Waals surface area contributed by atoms with Crippen LogP contribution >= 0.6 is 12.4 Å². The zero-order chi connectivity index (χ0) is 7.49. The van der Waals surface area contributed by atoms with E-state index in [1.807, 2.05) is 0 Å². The number of nitrogens with one attached hydrogen (secondary N) is 1. The zero-order valence-corrected chi connectivity index (χ0v) is 6.57. The minimum Gasteiger partial charge on any atom is -0.289 e. The zero-order valence-electron chi connectivity index (χ0n) is 5.75. The third-order valence-corrected chi connectivity index (χ3v) is 0.943. The lowest BCUT2D eigenvalue weighted by Crippen LogP contribution is -2.44. The fourth-order valence-electron chi connectivity index (χ4n) is 0.188. The Morgan fingerprint density at radius 3 is 2.20 bits per heavy atom. The van der Waals surface area contributed by atoms with Crippen LogP contribution in [0.1, 0.15) is 13.8 Å². The highest BCUT2D eigenvalue weighted by atomic mass is 35.5. The fourth-order valence-corrected chi connectivity index (χ4v) is 0.188. The summed E-state index contributed by atoms with van der Waals surface area (Å²) >= 11 is 0. The number of amides is 1. The molecule has 0 rings (SSSR count). The van der Waals surface area contributed by atoms with Crippen LogP contribution in [0.2, 0.25) is 0 Å². The van der Waals surface area contributed by atoms with Gasteiger partial charge in [-0.25, -0.2) is 11.4 Å². The van der Waals surface area contributed by atoms with Gasteiger partial charge in [0.25, 0.3) is 5.91 Å². The Balaban J connectivity index is 0. The third-order valence-electron chi connectivity index (χ3n) is 0.943. The van der Waals surface area contributed by atoms with Gasteiger partial charge in [-0.3, -0.25) is 14.8 Å². The van der Waals surface area contributed by atoms with Gasteiger partial charge in [-0.05, 0) is 13.8 Å². The molecule has 0 unspecified atom stereocenters. The summed E-state index contributed by atoms with van der Waals surface area (Å²) in [5.41, 5.74) is 0.240. The standard InChI is InChI=1S/C4H10N2O3.ClH/c1-4(2,9-5)3(7)6-8;/h8H,5H2,1-2H3,(H,6,7);1H. The lowest BCUT2D eigenvalue weighted by atomic mass is 10.1. The smallest absolute Gasteiger partial charge is 0.277 e. The van der Waals surface area contributed by atoms with E-state index in [9.17, 15) is 4.79 Å². The normalized spacial score (nSPS) is 10.0. The lowest BCUT2D eigenvalue weighted by molar-refractivity contribution is -0.152. The summed E-state index contributed by atoms with van der Waals surface area (Å²) in [6.07, 6.45) is 0. The maximum absolute atomic E-state index is 10.5. The number of hydrogen-bond donors (Lipinski definition) is 3. The molecule has 0 aromatic rings. The van der Waals surface area contributed by atoms with Gasteiger partial charge in [0.1, 0.15) is 0 Å². The van der Waals surface area contributed by atoms with Crippen LogP contribution in [0.5, 0.6) is 0 Å². The molecule has 0 aromatic carbocycles. The maximum Gasteiger partial charge on any atom is 0.277 e. The van der Waals surface area contributed by atoms with Crippen molar-refractivity contribution in [2.75, 3.05) is 0 Å². The van der Waals surface area contributed by atoms with Crippen molar-refractivity contribution in [3.05, 3.63) is 0 Å². The molecule has 0 heterocycles. The molecular formula is C4H11ClN2O3. The van der Waals surface area contributed by atoms with E-state index in [0.717, 1.165) is 0 Å². The van der Waals surface area contributed by atoms with Crippen molar-refractivity contribution in [1.82, 2.24) is 5.48 Å². The molecule has 0 saturated heterocycles. The van der Waals surface area contributed by atoms with Crippen LogP contribution < -0.4 is 11.4 Å². The molecule has 0 atom stereocenters. The van der Waals surface area contributed by atoms with E-state index in [0.29, 0.717) is 0 Å². The lowest BCUT2D eigenvalue weighted by Gasteiger charge is -2.17. The average molecular weight is 171 g/mol. The first kappa shape index (κ1) is 12.3. The molecule has 4 N–H and O–H groups in total. The Morgan fingerprint density at radius 2 is 2.10 bits per heavy atom. The number of carbonyl (C=O) groups is 1. The van der Waals surface area contributed by atoms with E-state index in [4.69, 9.17) is 11.1 Å². The van der Waals surface area contributed by atoms with Crippen molar-refractivity contribution in [1.29, 1.82) is 0 Å². The summed E-state index contributed by atoms with van der Waals surface area (Å²) < 4.78 is 0. The maximum atomic E-state index is 10.5. The first-order chi connectivity index (χ1) is 4.04. The van der Waals surface area contributed by atoms with Crippen molar-refractivity contribution in [3.63, 3.8) is 0 Å². The highest BCUT2D eigenvalue weighted by Crippen LogP contribution is 2.03. The SMILES string of the molecule is CC(C)(ON)C(=O)NO.Cl. The van der Waals surface area contributed by atoms with E-state index in [-0.39, 0.29) is 12.4 Å². The van der Waals surface area contributed by atoms with Crippen LogP contribution in [0.4, 0.5) is 0 Å². The monoisotopic (exact) mass is 170 g/mol. The number of rotatable bonds is 2. The summed E-state index contributed by atoms with van der Waals surface area (Å²) in [7, 11) is 0. The molecule has 0 aliphatic carbocycles. The van der Waals surface area contributed by atoms with Crippen molar-refractivity contribution in [2.45, 2.75) is 19.4 Å². The second-order valence-corrected chi connectivity index (χ2v) is 2.07. The largest absolute Gasteiger partial charge is 0.289 e. The van der Waals surface area contributed by atoms with Crippen LogP contribution in [0.3, 0.4) is 0 Å². The van der Waals surface area contributed by atoms with E-state index in [2.05, 4.69) is 4.84 Å². The predicted molar refractivity (Wildman–Crippen MR) is 36.5 cm³/mol. The highest BCUT2D eigenvalue weighted by molar-refractivity contribution is 5.85. The third kappa shape index (κ3) is 2.98. The molecular weight excluding hydrogens is 160 g/mol. The number of hydrogen-bond acceptors (Lipinski definition) is 4. The Morgan fingerprint density at radius 1 is 1.70 bits per heavy atom. The van der Waals surface area contributed by atoms with Gasteiger partial charge in [0.2, 0.25) is 0 Å². The topological polar surface area (TPSA) is 84.6 Å². The van der Waals surface area contributed by atoms with Gasteiger partial charge < -0.3 is 0 Å². The van der Waals surface area contributed by atoms with Gasteiger partial charge in [0.05, 0.1) is 0 Å². The second-order valence-electron chi connectivity index (χ2n) is 2.07. The Hall–Kier alpha value is -0.360. The van der Waals surface area contributed by atoms with E-state index in [1.165, 1.54) is 19.3 Å². The molecule has 0 aliphatic rings. The summed E-state index contributed by atoms with van der Waals surface area (Å²) in [6.45, 7) is 2.86. The summed E-state index contributed by atoms with van der Waals surface area (Å²) in [6, 6.07) is 0. The second kappa shape index (κ2) is 4.45. The average Bonchev–Trinajstić information content (AvgIpc) is 1.86. The van der Waals surface area contributed by atoms with Crippen LogP contribution in [-0.4, -0.2) is 16.7 Å². The predicted octanol–water partition coefficient (Wildman–Crippen LogP) is -0.418. The molecule has 0 aliphatic heterocycles. The number of halogens is 1. The van der Waals surface area contributed by atoms with Gasteiger partial charge in [-0.1, -0.05) is 0 Å². The van der Waals surface area contributed by atoms with E-state index in [1.54, 1.807) is 0 Å². The van der Waals surface area contributed by atoms with Gasteiger partial charge in [0, 0.05) is 0 Å². The van der Waals surface area contributed by atoms with Crippen molar-refractivity contribution in [3.8, 4) is 0 Å². The summed E-state index contributed by atoms with van der Waals surface area (Å²) in [4.78, 5) is 14.7. The molecule has 0 bridgehead atoms. The molecule has 10 heavy (non-hydrogen) atoms. The quantitative estimate of drug-likeness (QED) is 0.388. The Bertz CT molecular complexity index is 117. The van der Waals surface area contributed by atoms with E-state index < -0.39 is 11.5 Å². The van der Waals surface area contributed by atoms with Crippen LogP contribution in [-0.2, 0) is 9.63 Å². The number of nitrogens with two attached hydrogens (primary N) is 1. The Labute approximate surface area is 64.9 Å². The van der Waals surface area contributed by atoms with E-state index >= 15 is 0 Å². The molecule has 0 fully saturated rings. The molecule has 5 nitrogen and oxygen atoms in total. The molecule has 62 valence electrons. The van der Waals surface area contributed by atoms with Crippen LogP contribution in [0, 0.1) is 0 Å². The summed E-state index contributed by atoms with van der Waals surface area (Å²) in [5, 5.41) is 8.07. The van der Waals surface area contributed by atoms with Gasteiger partial charge in [0.15, 0.2) is 5.60 Å². The Kier molecular flexibility index (Phi) is 5.49. The minimum absolute atomic E-state index is 0. The molecule has 0 spiro atoms. The minimum atomic E-state index is -1.17. The molecule has 1 amide bonds. The number of carbonyl (C=O) groups excluding carboxylic acids is 1. The van der Waals surface area contributed by atoms with Gasteiger partial charge in [-0.2, -0.15) is 0 Å². The van der Waals surface area contributed by atoms with Gasteiger partial charge in [-0.15, -0.1) is 12.4 Å². The molecule has 0 saturated carbocycles. The van der Waals surface area contributed by atoms with Crippen molar-refractivity contribution < 1.29 is 14.8 Å². The van der Waals surface area contributed by atoms with Gasteiger partial charge >= 0.3 is 0 Å². The molecule has 0 radical (unpaired) electrons. The van der Waals surface area contributed by atoms with Crippen LogP contribution in [0.15, 0.2) is 0 Å².